The van der Waals surface area contributed by atoms with Crippen molar-refractivity contribution in [2.45, 2.75) is 49.0 Å². The number of fused-ring (bicyclic) bond motifs is 2. The number of carbonyl (C=O) groups is 2. The molecule has 220 valence electrons. The largest absolute Gasteiger partial charge is 0.478 e. The highest BCUT2D eigenvalue weighted by Crippen LogP contribution is 2.42. The van der Waals surface area contributed by atoms with Gasteiger partial charge in [-0.3, -0.25) is 4.79 Å². The van der Waals surface area contributed by atoms with E-state index in [2.05, 4.69) is 14.7 Å². The number of nitrogens with two attached hydrogens (primary N) is 1. The lowest BCUT2D eigenvalue weighted by Gasteiger charge is -2.11. The number of halogens is 2. The number of hydrogen-bond acceptors (Lipinski definition) is 10. The van der Waals surface area contributed by atoms with Crippen LogP contribution in [0.3, 0.4) is 0 Å². The molecule has 0 bridgehead atoms. The molecular weight excluding hydrogens is 655 g/mol. The monoisotopic (exact) mass is 678 g/mol. The molecule has 0 saturated heterocycles. The van der Waals surface area contributed by atoms with Gasteiger partial charge in [-0.15, -0.1) is 22.7 Å². The second kappa shape index (κ2) is 11.4. The van der Waals surface area contributed by atoms with Crippen molar-refractivity contribution < 1.29 is 31.5 Å². The number of thiazole rings is 2. The summed E-state index contributed by atoms with van der Waals surface area (Å²) in [7, 11) is -6.85. The predicted molar refractivity (Wildman–Crippen MR) is 161 cm³/mol. The molecule has 1 amide bonds. The van der Waals surface area contributed by atoms with E-state index in [1.807, 2.05) is 0 Å². The van der Waals surface area contributed by atoms with E-state index in [1.54, 1.807) is 44.2 Å². The molecule has 0 atom stereocenters. The highest BCUT2D eigenvalue weighted by molar-refractivity contribution is 7.91. The van der Waals surface area contributed by atoms with Gasteiger partial charge in [0.05, 0.1) is 35.5 Å². The Kier molecular flexibility index (Phi) is 8.73. The number of hydrogen-bond donors (Lipinski definition) is 3. The van der Waals surface area contributed by atoms with Gasteiger partial charge in [-0.25, -0.2) is 41.5 Å². The highest BCUT2D eigenvalue weighted by atomic mass is 35.5. The molecule has 2 aliphatic carbocycles. The maximum absolute atomic E-state index is 12.0. The SMILES string of the molecule is CC1(S(=O)(=O)NC(=O)c2ccc3nc(Cl)sc3c2)CC1.CC1(S(N)(=O)=O)CC1.O=C(O)c1ccc2nc(Cl)sc2c1. The van der Waals surface area contributed by atoms with Crippen LogP contribution in [-0.4, -0.2) is 53.3 Å². The van der Waals surface area contributed by atoms with Crippen LogP contribution in [0.15, 0.2) is 36.4 Å². The van der Waals surface area contributed by atoms with Gasteiger partial charge in [0, 0.05) is 5.56 Å². The number of rotatable bonds is 5. The number of aromatic carboxylic acids is 1. The number of nitrogens with zero attached hydrogens (tertiary/aromatic N) is 2. The Morgan fingerprint density at radius 2 is 1.29 bits per heavy atom. The first-order valence-electron chi connectivity index (χ1n) is 11.9. The van der Waals surface area contributed by atoms with Gasteiger partial charge in [-0.1, -0.05) is 23.2 Å². The lowest BCUT2D eigenvalue weighted by atomic mass is 10.2. The van der Waals surface area contributed by atoms with Crippen LogP contribution in [-0.2, 0) is 20.0 Å². The second-order valence-corrected chi connectivity index (χ2v) is 17.5. The molecule has 2 heterocycles. The third-order valence-corrected chi connectivity index (χ3v) is 12.9. The molecule has 2 aliphatic rings. The summed E-state index contributed by atoms with van der Waals surface area (Å²) < 4.78 is 48.1. The van der Waals surface area contributed by atoms with E-state index in [0.29, 0.717) is 27.3 Å². The average Bonchev–Trinajstić information content (AvgIpc) is 3.73. The Hall–Kier alpha value is -2.40. The van der Waals surface area contributed by atoms with Crippen molar-refractivity contribution in [1.29, 1.82) is 0 Å². The zero-order valence-electron chi connectivity index (χ0n) is 21.5. The predicted octanol–water partition coefficient (Wildman–Crippen LogP) is 5.04. The molecule has 17 heteroatoms. The Balaban J connectivity index is 0.000000158. The van der Waals surface area contributed by atoms with E-state index in [4.69, 9.17) is 33.4 Å². The van der Waals surface area contributed by atoms with E-state index >= 15 is 0 Å². The fourth-order valence-electron chi connectivity index (χ4n) is 3.28. The van der Waals surface area contributed by atoms with Crippen LogP contribution in [0.1, 0.15) is 60.2 Å². The third-order valence-electron chi connectivity index (χ3n) is 6.70. The minimum Gasteiger partial charge on any atom is -0.478 e. The zero-order chi connectivity index (χ0) is 30.4. The van der Waals surface area contributed by atoms with Gasteiger partial charge in [0.25, 0.3) is 5.91 Å². The van der Waals surface area contributed by atoms with Crippen molar-refractivity contribution in [3.8, 4) is 0 Å². The normalized spacial score (nSPS) is 16.6. The van der Waals surface area contributed by atoms with E-state index in [9.17, 15) is 26.4 Å². The van der Waals surface area contributed by atoms with E-state index < -0.39 is 41.4 Å². The number of carboxylic acids is 1. The lowest BCUT2D eigenvalue weighted by molar-refractivity contribution is 0.0696. The van der Waals surface area contributed by atoms with Crippen LogP contribution in [0, 0.1) is 0 Å². The van der Waals surface area contributed by atoms with Gasteiger partial charge >= 0.3 is 5.97 Å². The number of carboxylic acid groups (broad SMARTS) is 1. The standard InChI is InChI=1S/C12H11ClN2O3S2.C8H4ClNO2S.C4H9NO2S/c1-12(4-5-12)20(17,18)15-10(16)7-2-3-8-9(6-7)19-11(13)14-8;9-8-10-5-2-1-4(7(11)12)3-6(5)13-8;1-4(2-3-4)8(5,6)7/h2-3,6H,4-5H2,1H3,(H,15,16);1-3H,(H,11,12);2-3H2,1H3,(H2,5,6,7). The van der Waals surface area contributed by atoms with E-state index in [-0.39, 0.29) is 11.1 Å². The molecule has 0 radical (unpaired) electrons. The second-order valence-electron chi connectivity index (χ2n) is 9.98. The third kappa shape index (κ3) is 7.34. The molecule has 2 fully saturated rings. The quantitative estimate of drug-likeness (QED) is 0.260. The molecule has 0 unspecified atom stereocenters. The summed E-state index contributed by atoms with van der Waals surface area (Å²) in [5.74, 6) is -1.56. The summed E-state index contributed by atoms with van der Waals surface area (Å²) in [6.45, 7) is 3.30. The summed E-state index contributed by atoms with van der Waals surface area (Å²) >= 11 is 14.0. The van der Waals surface area contributed by atoms with E-state index in [0.717, 1.165) is 27.8 Å². The van der Waals surface area contributed by atoms with Gasteiger partial charge in [-0.2, -0.15) is 0 Å². The van der Waals surface area contributed by atoms with Crippen LogP contribution in [0.25, 0.3) is 20.4 Å². The van der Waals surface area contributed by atoms with E-state index in [1.165, 1.54) is 28.7 Å². The lowest BCUT2D eigenvalue weighted by Crippen LogP contribution is -2.38. The topological polar surface area (TPSA) is 186 Å². The molecule has 4 N–H and O–H groups in total. The number of primary sulfonamides is 1. The summed E-state index contributed by atoms with van der Waals surface area (Å²) in [4.78, 5) is 30.7. The fraction of sp³-hybridized carbons (Fsp3) is 0.333. The number of carbonyl (C=O) groups excluding carboxylic acids is 1. The first-order chi connectivity index (χ1) is 18.9. The van der Waals surface area contributed by atoms with Crippen molar-refractivity contribution in [2.75, 3.05) is 0 Å². The molecule has 2 aromatic heterocycles. The van der Waals surface area contributed by atoms with Crippen molar-refractivity contribution in [2.24, 2.45) is 5.14 Å². The van der Waals surface area contributed by atoms with Gasteiger partial charge in [-0.05, 0) is 75.9 Å². The molecule has 2 aromatic carbocycles. The van der Waals surface area contributed by atoms with Crippen LogP contribution in [0.5, 0.6) is 0 Å². The molecule has 6 rings (SSSR count). The number of sulfonamides is 2. The van der Waals surface area contributed by atoms with Crippen LogP contribution < -0.4 is 9.86 Å². The maximum atomic E-state index is 12.0. The molecule has 2 saturated carbocycles. The highest BCUT2D eigenvalue weighted by Gasteiger charge is 2.51. The summed E-state index contributed by atoms with van der Waals surface area (Å²) in [6, 6.07) is 9.53. The number of nitrogens with one attached hydrogen (secondary N) is 1. The van der Waals surface area contributed by atoms with Crippen LogP contribution in [0.4, 0.5) is 0 Å². The van der Waals surface area contributed by atoms with Crippen molar-refractivity contribution >= 4 is 98.2 Å². The fourth-order valence-corrected chi connectivity index (χ4v) is 7.34. The number of aromatic nitrogens is 2. The molecule has 4 aromatic rings. The Morgan fingerprint density at radius 1 is 0.854 bits per heavy atom. The minimum absolute atomic E-state index is 0.257. The van der Waals surface area contributed by atoms with Gasteiger partial charge in [0.2, 0.25) is 20.0 Å². The minimum atomic E-state index is -3.62. The Labute approximate surface area is 253 Å². The maximum Gasteiger partial charge on any atom is 0.335 e. The van der Waals surface area contributed by atoms with Gasteiger partial charge in [0.15, 0.2) is 8.93 Å². The van der Waals surface area contributed by atoms with Gasteiger partial charge in [0.1, 0.15) is 0 Å². The first kappa shape index (κ1) is 31.5. The number of benzene rings is 2. The summed E-state index contributed by atoms with van der Waals surface area (Å²) in [6.07, 6.45) is 2.62. The first-order valence-corrected chi connectivity index (χ1v) is 17.3. The molecule has 0 spiro atoms. The molecule has 11 nitrogen and oxygen atoms in total. The summed E-state index contributed by atoms with van der Waals surface area (Å²) in [5, 5.41) is 13.5. The van der Waals surface area contributed by atoms with Gasteiger partial charge < -0.3 is 5.11 Å². The van der Waals surface area contributed by atoms with Crippen molar-refractivity contribution in [3.63, 3.8) is 0 Å². The summed E-state index contributed by atoms with van der Waals surface area (Å²) in [5.41, 5.74) is 1.96. The molecular formula is C24H24Cl2N4O7S4. The molecule has 41 heavy (non-hydrogen) atoms. The van der Waals surface area contributed by atoms with Crippen LogP contribution >= 0.6 is 45.9 Å². The zero-order valence-corrected chi connectivity index (χ0v) is 26.3. The van der Waals surface area contributed by atoms with Crippen molar-refractivity contribution in [3.05, 3.63) is 56.5 Å². The van der Waals surface area contributed by atoms with Crippen molar-refractivity contribution in [1.82, 2.24) is 14.7 Å². The average molecular weight is 680 g/mol. The smallest absolute Gasteiger partial charge is 0.335 e. The molecule has 0 aliphatic heterocycles. The van der Waals surface area contributed by atoms with Crippen LogP contribution in [0.2, 0.25) is 8.93 Å². The number of amides is 1. The Morgan fingerprint density at radius 3 is 1.68 bits per heavy atom. The Bertz CT molecular complexity index is 1880.